The van der Waals surface area contributed by atoms with E-state index < -0.39 is 5.97 Å². The van der Waals surface area contributed by atoms with Crippen molar-refractivity contribution in [3.8, 4) is 0 Å². The molecule has 0 aromatic carbocycles. The molecule has 45 heavy (non-hydrogen) atoms. The molecule has 0 spiro atoms. The normalized spacial score (nSPS) is 13.4. The highest BCUT2D eigenvalue weighted by atomic mass is 16.5. The molecule has 0 saturated carbocycles. The predicted molar refractivity (Wildman–Crippen MR) is 187 cm³/mol. The fourth-order valence-corrected chi connectivity index (χ4v) is 5.64. The predicted octanol–water partition coefficient (Wildman–Crippen LogP) is 7.96. The first-order valence-electron chi connectivity index (χ1n) is 18.2. The topological polar surface area (TPSA) is 108 Å². The quantitative estimate of drug-likeness (QED) is 0.0400. The number of Topliss-reactive ketones (excluding diaryl/α,β-unsaturated/α-hetero) is 1. The molecule has 8 nitrogen and oxygen atoms in total. The van der Waals surface area contributed by atoms with Gasteiger partial charge in [0.05, 0.1) is 11.8 Å². The number of nitrogens with one attached hydrogen (secondary N) is 2. The largest absolute Gasteiger partial charge is 0.481 e. The van der Waals surface area contributed by atoms with Crippen LogP contribution in [-0.2, 0) is 19.1 Å². The minimum atomic E-state index is -0.707. The Morgan fingerprint density at radius 2 is 1.40 bits per heavy atom. The van der Waals surface area contributed by atoms with Gasteiger partial charge in [0.15, 0.2) is 0 Å². The molecule has 0 amide bonds. The maximum atomic E-state index is 11.9. The average molecular weight is 636 g/mol. The molecule has 0 saturated heterocycles. The Hall–Kier alpha value is -2.19. The number of carboxylic acids is 1. The number of allylic oxidation sites excluding steroid dienone is 2. The van der Waals surface area contributed by atoms with Crippen LogP contribution in [0.4, 0.5) is 0 Å². The molecule has 0 fully saturated rings. The minimum Gasteiger partial charge on any atom is -0.481 e. The second-order valence-corrected chi connectivity index (χ2v) is 12.4. The number of aliphatic carboxylic acids is 1. The van der Waals surface area contributed by atoms with Crippen LogP contribution < -0.4 is 10.6 Å². The minimum absolute atomic E-state index is 0.00341. The van der Waals surface area contributed by atoms with Gasteiger partial charge in [-0.2, -0.15) is 0 Å². The SMILES string of the molecule is C=C1C(=O)C(NCCCN(CCCCCCCC=O)CCCCCCCC(=O)O)=C1NC.CCCCCCCCC(CC)OC. The van der Waals surface area contributed by atoms with Crippen molar-refractivity contribution < 1.29 is 24.2 Å². The molecule has 0 aromatic rings. The van der Waals surface area contributed by atoms with Gasteiger partial charge in [-0.3, -0.25) is 9.59 Å². The molecule has 1 rings (SSSR count). The lowest BCUT2D eigenvalue weighted by Gasteiger charge is -2.26. The van der Waals surface area contributed by atoms with E-state index >= 15 is 0 Å². The third kappa shape index (κ3) is 22.9. The molecule has 0 bridgehead atoms. The summed E-state index contributed by atoms with van der Waals surface area (Å²) in [5, 5.41) is 15.0. The second kappa shape index (κ2) is 30.5. The maximum absolute atomic E-state index is 11.9. The van der Waals surface area contributed by atoms with Gasteiger partial charge in [0.2, 0.25) is 5.78 Å². The molecule has 1 atom stereocenters. The number of aldehydes is 1. The highest BCUT2D eigenvalue weighted by Crippen LogP contribution is 2.24. The van der Waals surface area contributed by atoms with E-state index in [0.717, 1.165) is 95.9 Å². The number of hydrogen-bond donors (Lipinski definition) is 3. The third-order valence-corrected chi connectivity index (χ3v) is 8.59. The van der Waals surface area contributed by atoms with Gasteiger partial charge in [0.25, 0.3) is 0 Å². The fourth-order valence-electron chi connectivity index (χ4n) is 5.64. The van der Waals surface area contributed by atoms with Crippen molar-refractivity contribution in [1.29, 1.82) is 0 Å². The zero-order valence-electron chi connectivity index (χ0n) is 29.6. The summed E-state index contributed by atoms with van der Waals surface area (Å²) in [5.41, 5.74) is 2.03. The lowest BCUT2D eigenvalue weighted by atomic mass is 9.93. The van der Waals surface area contributed by atoms with Crippen molar-refractivity contribution in [3.63, 3.8) is 0 Å². The zero-order valence-corrected chi connectivity index (χ0v) is 29.6. The summed E-state index contributed by atoms with van der Waals surface area (Å²) in [6.07, 6.45) is 24.9. The molecule has 0 radical (unpaired) electrons. The van der Waals surface area contributed by atoms with Crippen LogP contribution in [0.1, 0.15) is 149 Å². The van der Waals surface area contributed by atoms with Crippen molar-refractivity contribution in [2.24, 2.45) is 0 Å². The van der Waals surface area contributed by atoms with Gasteiger partial charge in [0.1, 0.15) is 12.0 Å². The highest BCUT2D eigenvalue weighted by molar-refractivity contribution is 6.18. The van der Waals surface area contributed by atoms with Gasteiger partial charge < -0.3 is 30.2 Å². The summed E-state index contributed by atoms with van der Waals surface area (Å²) in [4.78, 5) is 35.4. The Morgan fingerprint density at radius 3 is 1.96 bits per heavy atom. The van der Waals surface area contributed by atoms with Crippen LogP contribution in [0.25, 0.3) is 0 Å². The number of nitrogens with zero attached hydrogens (tertiary/aromatic N) is 1. The standard InChI is InChI=1S/C25H43N3O4.C12H26O/c1-21-23(26-2)24(25(21)32)27-16-14-19-28(17-11-7-3-4-9-13-20-29)18-12-8-5-6-10-15-22(30)31;1-4-6-7-8-9-10-11-12(5-2)13-3/h20,26-27H,1,3-19H2,2H3,(H,30,31);12H,4-11H2,1-3H3. The number of likely N-dealkylation sites (N-methyl/N-ethyl adjacent to an activating group) is 1. The first-order chi connectivity index (χ1) is 21.9. The van der Waals surface area contributed by atoms with E-state index in [1.54, 1.807) is 7.05 Å². The van der Waals surface area contributed by atoms with Crippen molar-refractivity contribution >= 4 is 18.0 Å². The Kier molecular flexibility index (Phi) is 29.0. The number of hydrogen-bond acceptors (Lipinski definition) is 7. The van der Waals surface area contributed by atoms with E-state index in [1.807, 2.05) is 7.11 Å². The monoisotopic (exact) mass is 636 g/mol. The van der Waals surface area contributed by atoms with Crippen molar-refractivity contribution in [2.75, 3.05) is 40.3 Å². The van der Waals surface area contributed by atoms with Gasteiger partial charge in [-0.15, -0.1) is 0 Å². The molecule has 0 aliphatic heterocycles. The molecule has 262 valence electrons. The molecular weight excluding hydrogens is 566 g/mol. The van der Waals surface area contributed by atoms with E-state index in [9.17, 15) is 14.4 Å². The van der Waals surface area contributed by atoms with Crippen LogP contribution in [0.3, 0.4) is 0 Å². The number of carboxylic acid groups (broad SMARTS) is 1. The number of ketones is 1. The van der Waals surface area contributed by atoms with Crippen molar-refractivity contribution in [3.05, 3.63) is 23.5 Å². The van der Waals surface area contributed by atoms with E-state index in [-0.39, 0.29) is 12.2 Å². The van der Waals surface area contributed by atoms with Crippen LogP contribution in [-0.4, -0.2) is 74.5 Å². The molecule has 1 aliphatic rings. The van der Waals surface area contributed by atoms with Gasteiger partial charge in [0, 0.05) is 39.1 Å². The average Bonchev–Trinajstić information content (AvgIpc) is 3.04. The smallest absolute Gasteiger partial charge is 0.303 e. The number of carbonyl (C=O) groups is 3. The summed E-state index contributed by atoms with van der Waals surface area (Å²) < 4.78 is 5.33. The summed E-state index contributed by atoms with van der Waals surface area (Å²) in [6, 6.07) is 0. The van der Waals surface area contributed by atoms with Gasteiger partial charge in [-0.05, 0) is 64.6 Å². The van der Waals surface area contributed by atoms with Crippen LogP contribution in [0.15, 0.2) is 23.5 Å². The Labute approximate surface area is 276 Å². The number of ether oxygens (including phenoxy) is 1. The molecule has 0 aromatic heterocycles. The number of rotatable bonds is 31. The van der Waals surface area contributed by atoms with Crippen LogP contribution in [0.5, 0.6) is 0 Å². The second-order valence-electron chi connectivity index (χ2n) is 12.4. The fraction of sp³-hybridized carbons (Fsp3) is 0.811. The lowest BCUT2D eigenvalue weighted by molar-refractivity contribution is -0.137. The van der Waals surface area contributed by atoms with Crippen LogP contribution >= 0.6 is 0 Å². The molecular formula is C37H69N3O5. The first kappa shape index (κ1) is 42.8. The summed E-state index contributed by atoms with van der Waals surface area (Å²) in [6.45, 7) is 12.1. The molecule has 1 unspecified atom stereocenters. The third-order valence-electron chi connectivity index (χ3n) is 8.59. The van der Waals surface area contributed by atoms with Gasteiger partial charge in [-0.1, -0.05) is 97.5 Å². The first-order valence-corrected chi connectivity index (χ1v) is 18.2. The highest BCUT2D eigenvalue weighted by Gasteiger charge is 2.30. The number of methoxy groups -OCH3 is 1. The van der Waals surface area contributed by atoms with Gasteiger partial charge in [-0.25, -0.2) is 0 Å². The van der Waals surface area contributed by atoms with Crippen LogP contribution in [0, 0.1) is 0 Å². The Bertz CT molecular complexity index is 810. The molecule has 1 aliphatic carbocycles. The molecule has 8 heteroatoms. The summed E-state index contributed by atoms with van der Waals surface area (Å²) in [5.74, 6) is -0.704. The Balaban J connectivity index is 0.00000125. The molecule has 0 heterocycles. The lowest BCUT2D eigenvalue weighted by Crippen LogP contribution is -2.38. The van der Waals surface area contributed by atoms with E-state index in [0.29, 0.717) is 23.8 Å². The zero-order chi connectivity index (χ0) is 33.5. The van der Waals surface area contributed by atoms with Crippen molar-refractivity contribution in [2.45, 2.75) is 155 Å². The summed E-state index contributed by atoms with van der Waals surface area (Å²) >= 11 is 0. The van der Waals surface area contributed by atoms with Crippen molar-refractivity contribution in [1.82, 2.24) is 15.5 Å². The van der Waals surface area contributed by atoms with Gasteiger partial charge >= 0.3 is 5.97 Å². The van der Waals surface area contributed by atoms with E-state index in [2.05, 4.69) is 36.0 Å². The molecule has 3 N–H and O–H groups in total. The number of carbonyl (C=O) groups excluding carboxylic acids is 2. The van der Waals surface area contributed by atoms with E-state index in [4.69, 9.17) is 9.84 Å². The Morgan fingerprint density at radius 1 is 0.844 bits per heavy atom. The summed E-state index contributed by atoms with van der Waals surface area (Å²) in [7, 11) is 3.63. The number of unbranched alkanes of at least 4 members (excludes halogenated alkanes) is 14. The van der Waals surface area contributed by atoms with Crippen LogP contribution in [0.2, 0.25) is 0 Å². The van der Waals surface area contributed by atoms with E-state index in [1.165, 1.54) is 64.2 Å². The maximum Gasteiger partial charge on any atom is 0.303 e.